The highest BCUT2D eigenvalue weighted by Crippen LogP contribution is 2.25. The topological polar surface area (TPSA) is 40.5 Å². The van der Waals surface area contributed by atoms with Gasteiger partial charge in [0.15, 0.2) is 0 Å². The van der Waals surface area contributed by atoms with Crippen LogP contribution in [0.1, 0.15) is 32.6 Å². The molecule has 1 fully saturated rings. The molecule has 1 aliphatic rings. The second-order valence-electron chi connectivity index (χ2n) is 3.87. The minimum atomic E-state index is -0.257. The Morgan fingerprint density at radius 1 is 1.54 bits per heavy atom. The number of hydrogen-bond acceptors (Lipinski definition) is 2. The highest BCUT2D eigenvalue weighted by molar-refractivity contribution is 5.78. The van der Waals surface area contributed by atoms with Gasteiger partial charge < -0.3 is 10.0 Å². The summed E-state index contributed by atoms with van der Waals surface area (Å²) < 4.78 is 0. The Balaban J connectivity index is 2.46. The summed E-state index contributed by atoms with van der Waals surface area (Å²) in [7, 11) is 1.82. The summed E-state index contributed by atoms with van der Waals surface area (Å²) >= 11 is 0. The molecule has 1 amide bonds. The van der Waals surface area contributed by atoms with Crippen LogP contribution in [-0.2, 0) is 4.79 Å². The fourth-order valence-corrected chi connectivity index (χ4v) is 1.86. The number of rotatable bonds is 2. The lowest BCUT2D eigenvalue weighted by molar-refractivity contribution is -0.136. The first-order valence-electron chi connectivity index (χ1n) is 5.08. The maximum atomic E-state index is 11.7. The summed E-state index contributed by atoms with van der Waals surface area (Å²) in [5.74, 6) is 0.259. The zero-order valence-corrected chi connectivity index (χ0v) is 8.49. The first-order chi connectivity index (χ1) is 6.15. The van der Waals surface area contributed by atoms with Crippen LogP contribution in [0.15, 0.2) is 0 Å². The molecular weight excluding hydrogens is 166 g/mol. The number of carbonyl (C=O) groups excluding carboxylic acids is 1. The smallest absolute Gasteiger partial charge is 0.225 e. The molecule has 0 aromatic rings. The number of aliphatic hydroxyl groups is 1. The minimum absolute atomic E-state index is 0.0636. The molecule has 0 aromatic carbocycles. The van der Waals surface area contributed by atoms with Crippen molar-refractivity contribution in [3.8, 4) is 0 Å². The third-order valence-corrected chi connectivity index (χ3v) is 2.85. The summed E-state index contributed by atoms with van der Waals surface area (Å²) in [6.07, 6.45) is 3.19. The number of carbonyl (C=O) groups is 1. The Bertz CT molecular complexity index is 182. The number of hydrogen-bond donors (Lipinski definition) is 1. The molecule has 1 N–H and O–H groups in total. The number of nitrogens with zero attached hydrogens (tertiary/aromatic N) is 1. The van der Waals surface area contributed by atoms with Gasteiger partial charge in [0, 0.05) is 19.5 Å². The van der Waals surface area contributed by atoms with Crippen LogP contribution < -0.4 is 0 Å². The summed E-state index contributed by atoms with van der Waals surface area (Å²) in [5.41, 5.74) is 0. The first kappa shape index (κ1) is 10.5. The number of amides is 1. The molecule has 13 heavy (non-hydrogen) atoms. The van der Waals surface area contributed by atoms with Crippen LogP contribution in [0.25, 0.3) is 0 Å². The lowest BCUT2D eigenvalue weighted by atomic mass is 9.86. The summed E-state index contributed by atoms with van der Waals surface area (Å²) in [4.78, 5) is 13.4. The van der Waals surface area contributed by atoms with Crippen LogP contribution in [0.3, 0.4) is 0 Å². The molecule has 0 heterocycles. The van der Waals surface area contributed by atoms with Gasteiger partial charge in [-0.2, -0.15) is 0 Å². The minimum Gasteiger partial charge on any atom is -0.393 e. The fraction of sp³-hybridized carbons (Fsp3) is 0.900. The van der Waals surface area contributed by atoms with Crippen LogP contribution in [0, 0.1) is 5.92 Å². The molecule has 0 bridgehead atoms. The van der Waals surface area contributed by atoms with E-state index in [0.717, 1.165) is 25.8 Å². The standard InChI is InChI=1S/C10H19NO2/c1-3-11(2)10(13)8-5-4-6-9(12)7-8/h8-9,12H,3-7H2,1-2H3. The fourth-order valence-electron chi connectivity index (χ4n) is 1.86. The summed E-state index contributed by atoms with van der Waals surface area (Å²) in [6, 6.07) is 0. The predicted molar refractivity (Wildman–Crippen MR) is 51.3 cm³/mol. The molecule has 1 rings (SSSR count). The monoisotopic (exact) mass is 185 g/mol. The maximum absolute atomic E-state index is 11.7. The Hall–Kier alpha value is -0.570. The zero-order valence-electron chi connectivity index (χ0n) is 8.49. The highest BCUT2D eigenvalue weighted by Gasteiger charge is 2.27. The Kier molecular flexibility index (Phi) is 3.72. The molecule has 0 aliphatic heterocycles. The van der Waals surface area contributed by atoms with Crippen molar-refractivity contribution in [2.45, 2.75) is 38.7 Å². The maximum Gasteiger partial charge on any atom is 0.225 e. The van der Waals surface area contributed by atoms with Gasteiger partial charge in [0.2, 0.25) is 5.91 Å². The van der Waals surface area contributed by atoms with Gasteiger partial charge in [-0.3, -0.25) is 4.79 Å². The Morgan fingerprint density at radius 3 is 2.77 bits per heavy atom. The van der Waals surface area contributed by atoms with E-state index in [1.54, 1.807) is 4.90 Å². The first-order valence-corrected chi connectivity index (χ1v) is 5.08. The van der Waals surface area contributed by atoms with Crippen molar-refractivity contribution in [1.29, 1.82) is 0 Å². The SMILES string of the molecule is CCN(C)C(=O)C1CCCC(O)C1. The molecule has 0 aromatic heterocycles. The molecule has 0 radical (unpaired) electrons. The molecule has 2 atom stereocenters. The Morgan fingerprint density at radius 2 is 2.23 bits per heavy atom. The van der Waals surface area contributed by atoms with Crippen molar-refractivity contribution in [2.75, 3.05) is 13.6 Å². The third-order valence-electron chi connectivity index (χ3n) is 2.85. The highest BCUT2D eigenvalue weighted by atomic mass is 16.3. The van der Waals surface area contributed by atoms with E-state index in [4.69, 9.17) is 0 Å². The van der Waals surface area contributed by atoms with E-state index in [0.29, 0.717) is 6.42 Å². The quantitative estimate of drug-likeness (QED) is 0.697. The van der Waals surface area contributed by atoms with E-state index >= 15 is 0 Å². The van der Waals surface area contributed by atoms with Gasteiger partial charge in [-0.1, -0.05) is 6.42 Å². The normalized spacial score (nSPS) is 28.5. The van der Waals surface area contributed by atoms with E-state index < -0.39 is 0 Å². The van der Waals surface area contributed by atoms with Gasteiger partial charge >= 0.3 is 0 Å². The van der Waals surface area contributed by atoms with Crippen molar-refractivity contribution in [1.82, 2.24) is 4.90 Å². The molecule has 1 saturated carbocycles. The van der Waals surface area contributed by atoms with Crippen LogP contribution >= 0.6 is 0 Å². The van der Waals surface area contributed by atoms with Crippen molar-refractivity contribution in [2.24, 2.45) is 5.92 Å². The van der Waals surface area contributed by atoms with Gasteiger partial charge in [0.05, 0.1) is 6.10 Å². The third kappa shape index (κ3) is 2.69. The van der Waals surface area contributed by atoms with Crippen molar-refractivity contribution >= 4 is 5.91 Å². The molecule has 2 unspecified atom stereocenters. The van der Waals surface area contributed by atoms with E-state index in [1.807, 2.05) is 14.0 Å². The van der Waals surface area contributed by atoms with Crippen molar-refractivity contribution in [3.05, 3.63) is 0 Å². The lowest BCUT2D eigenvalue weighted by Gasteiger charge is -2.28. The molecule has 1 aliphatic carbocycles. The van der Waals surface area contributed by atoms with Crippen molar-refractivity contribution in [3.63, 3.8) is 0 Å². The van der Waals surface area contributed by atoms with Gasteiger partial charge in [-0.05, 0) is 26.2 Å². The second kappa shape index (κ2) is 4.61. The van der Waals surface area contributed by atoms with E-state index in [1.165, 1.54) is 0 Å². The molecule has 0 spiro atoms. The zero-order chi connectivity index (χ0) is 9.84. The van der Waals surface area contributed by atoms with Gasteiger partial charge in [-0.25, -0.2) is 0 Å². The van der Waals surface area contributed by atoms with Crippen LogP contribution in [0.2, 0.25) is 0 Å². The van der Waals surface area contributed by atoms with Gasteiger partial charge in [0.25, 0.3) is 0 Å². The second-order valence-corrected chi connectivity index (χ2v) is 3.87. The average molecular weight is 185 g/mol. The van der Waals surface area contributed by atoms with Crippen LogP contribution in [-0.4, -0.2) is 35.6 Å². The average Bonchev–Trinajstić information content (AvgIpc) is 2.15. The Labute approximate surface area is 79.7 Å². The van der Waals surface area contributed by atoms with Crippen LogP contribution in [0.5, 0.6) is 0 Å². The number of aliphatic hydroxyl groups excluding tert-OH is 1. The molecular formula is C10H19NO2. The van der Waals surface area contributed by atoms with E-state index in [2.05, 4.69) is 0 Å². The summed E-state index contributed by atoms with van der Waals surface area (Å²) in [5, 5.41) is 9.41. The van der Waals surface area contributed by atoms with Gasteiger partial charge in [-0.15, -0.1) is 0 Å². The molecule has 0 saturated heterocycles. The molecule has 76 valence electrons. The molecule has 3 nitrogen and oxygen atoms in total. The lowest BCUT2D eigenvalue weighted by Crippen LogP contribution is -2.36. The van der Waals surface area contributed by atoms with Gasteiger partial charge in [0.1, 0.15) is 0 Å². The van der Waals surface area contributed by atoms with Crippen molar-refractivity contribution < 1.29 is 9.90 Å². The van der Waals surface area contributed by atoms with E-state index in [-0.39, 0.29) is 17.9 Å². The summed E-state index contributed by atoms with van der Waals surface area (Å²) in [6.45, 7) is 2.72. The van der Waals surface area contributed by atoms with Crippen LogP contribution in [0.4, 0.5) is 0 Å². The predicted octanol–water partition coefficient (Wildman–Crippen LogP) is 1.02. The molecule has 3 heteroatoms. The largest absolute Gasteiger partial charge is 0.393 e. The van der Waals surface area contributed by atoms with E-state index in [9.17, 15) is 9.90 Å².